The summed E-state index contributed by atoms with van der Waals surface area (Å²) in [6.07, 6.45) is 11.7. The van der Waals surface area contributed by atoms with Crippen LogP contribution < -0.4 is 0 Å². The van der Waals surface area contributed by atoms with Crippen molar-refractivity contribution in [3.63, 3.8) is 0 Å². The first-order chi connectivity index (χ1) is 16.7. The molecular weight excluding hydrogens is 432 g/mol. The Morgan fingerprint density at radius 3 is 2.37 bits per heavy atom. The van der Waals surface area contributed by atoms with Gasteiger partial charge in [0.25, 0.3) is 0 Å². The molecule has 0 aromatic heterocycles. The van der Waals surface area contributed by atoms with Crippen LogP contribution in [-0.2, 0) is 22.4 Å². The van der Waals surface area contributed by atoms with Crippen molar-refractivity contribution in [2.24, 2.45) is 23.7 Å². The van der Waals surface area contributed by atoms with Gasteiger partial charge in [-0.3, -0.25) is 14.4 Å². The maximum atomic E-state index is 13.6. The number of hydrogen-bond donors (Lipinski definition) is 0. The molecule has 1 fully saturated rings. The molecule has 3 heteroatoms. The summed E-state index contributed by atoms with van der Waals surface area (Å²) in [6.45, 7) is 12.4. The van der Waals surface area contributed by atoms with Gasteiger partial charge in [-0.05, 0) is 91.9 Å². The second-order valence-electron chi connectivity index (χ2n) is 11.9. The standard InChI is InChI=1S/C32H48O3/c1-7-10-26(27(8-2)30(34)15-21(5)33)16-24-17-29-28(20(3)4)19-25(12-9-11-23-13-14-23)22(6)32(29)31(35)18-24/h19-20,23-24,26-27H,7-18H2,1-6H3. The number of rotatable bonds is 14. The van der Waals surface area contributed by atoms with E-state index in [9.17, 15) is 14.4 Å². The molecule has 194 valence electrons. The van der Waals surface area contributed by atoms with Gasteiger partial charge in [0.15, 0.2) is 5.78 Å². The molecule has 1 aromatic rings. The minimum absolute atomic E-state index is 0.0459. The van der Waals surface area contributed by atoms with Crippen molar-refractivity contribution in [2.75, 3.05) is 0 Å². The SMILES string of the molecule is CCCC(CC1CC(=O)c2c(C)c(CCCC3CC3)cc(C(C)C)c2C1)C(CC)C(=O)CC(C)=O. The molecule has 0 spiro atoms. The van der Waals surface area contributed by atoms with Crippen molar-refractivity contribution in [1.29, 1.82) is 0 Å². The van der Waals surface area contributed by atoms with Crippen molar-refractivity contribution >= 4 is 17.3 Å². The zero-order valence-electron chi connectivity index (χ0n) is 23.2. The minimum Gasteiger partial charge on any atom is -0.300 e. The molecular formula is C32H48O3. The summed E-state index contributed by atoms with van der Waals surface area (Å²) in [5.41, 5.74) is 6.25. The molecule has 0 aliphatic heterocycles. The Balaban J connectivity index is 1.83. The number of hydrogen-bond acceptors (Lipinski definition) is 3. The summed E-state index contributed by atoms with van der Waals surface area (Å²) in [5.74, 6) is 2.15. The van der Waals surface area contributed by atoms with E-state index < -0.39 is 0 Å². The summed E-state index contributed by atoms with van der Waals surface area (Å²) in [6, 6.07) is 2.41. The average Bonchev–Trinajstić information content (AvgIpc) is 3.59. The lowest BCUT2D eigenvalue weighted by Crippen LogP contribution is -2.30. The van der Waals surface area contributed by atoms with Gasteiger partial charge in [0.05, 0.1) is 6.42 Å². The van der Waals surface area contributed by atoms with Crippen LogP contribution in [-0.4, -0.2) is 17.3 Å². The highest BCUT2D eigenvalue weighted by molar-refractivity contribution is 6.01. The molecule has 3 nitrogen and oxygen atoms in total. The van der Waals surface area contributed by atoms with E-state index in [1.54, 1.807) is 0 Å². The zero-order valence-corrected chi connectivity index (χ0v) is 23.2. The van der Waals surface area contributed by atoms with Crippen LogP contribution in [0, 0.1) is 30.6 Å². The maximum absolute atomic E-state index is 13.6. The van der Waals surface area contributed by atoms with Gasteiger partial charge < -0.3 is 0 Å². The van der Waals surface area contributed by atoms with Gasteiger partial charge in [0.1, 0.15) is 11.6 Å². The molecule has 0 N–H and O–H groups in total. The summed E-state index contributed by atoms with van der Waals surface area (Å²) in [5, 5.41) is 0. The Morgan fingerprint density at radius 2 is 1.80 bits per heavy atom. The van der Waals surface area contributed by atoms with Gasteiger partial charge >= 0.3 is 0 Å². The van der Waals surface area contributed by atoms with E-state index in [0.29, 0.717) is 18.1 Å². The lowest BCUT2D eigenvalue weighted by molar-refractivity contribution is -0.129. The van der Waals surface area contributed by atoms with Crippen LogP contribution in [0.25, 0.3) is 0 Å². The Hall–Kier alpha value is -1.77. The molecule has 1 saturated carbocycles. The third kappa shape index (κ3) is 7.14. The number of benzene rings is 1. The van der Waals surface area contributed by atoms with Crippen LogP contribution in [0.1, 0.15) is 137 Å². The molecule has 35 heavy (non-hydrogen) atoms. The van der Waals surface area contributed by atoms with Crippen LogP contribution in [0.15, 0.2) is 6.07 Å². The second kappa shape index (κ2) is 12.5. The molecule has 3 rings (SSSR count). The van der Waals surface area contributed by atoms with E-state index in [4.69, 9.17) is 0 Å². The van der Waals surface area contributed by atoms with Gasteiger partial charge in [-0.25, -0.2) is 0 Å². The Bertz CT molecular complexity index is 921. The van der Waals surface area contributed by atoms with Crippen molar-refractivity contribution in [3.8, 4) is 0 Å². The number of Topliss-reactive ketones (excluding diaryl/α,β-unsaturated/α-hetero) is 3. The predicted molar refractivity (Wildman–Crippen MR) is 144 cm³/mol. The Morgan fingerprint density at radius 1 is 1.09 bits per heavy atom. The maximum Gasteiger partial charge on any atom is 0.163 e. The Labute approximate surface area is 213 Å². The second-order valence-corrected chi connectivity index (χ2v) is 11.9. The molecule has 2 aliphatic rings. The van der Waals surface area contributed by atoms with Crippen LogP contribution in [0.3, 0.4) is 0 Å². The third-order valence-electron chi connectivity index (χ3n) is 8.60. The minimum atomic E-state index is -0.0736. The lowest BCUT2D eigenvalue weighted by Gasteiger charge is -2.33. The molecule has 0 radical (unpaired) electrons. The van der Waals surface area contributed by atoms with Gasteiger partial charge in [-0.2, -0.15) is 0 Å². The molecule has 1 aromatic carbocycles. The van der Waals surface area contributed by atoms with Crippen molar-refractivity contribution < 1.29 is 14.4 Å². The normalized spacial score (nSPS) is 19.5. The monoisotopic (exact) mass is 480 g/mol. The first-order valence-corrected chi connectivity index (χ1v) is 14.4. The smallest absolute Gasteiger partial charge is 0.163 e. The fourth-order valence-corrected chi connectivity index (χ4v) is 6.65. The van der Waals surface area contributed by atoms with E-state index in [2.05, 4.69) is 40.7 Å². The fraction of sp³-hybridized carbons (Fsp3) is 0.719. The van der Waals surface area contributed by atoms with Crippen LogP contribution in [0.4, 0.5) is 0 Å². The highest BCUT2D eigenvalue weighted by atomic mass is 16.1. The van der Waals surface area contributed by atoms with E-state index in [1.807, 2.05) is 0 Å². The lowest BCUT2D eigenvalue weighted by atomic mass is 9.70. The number of carbonyl (C=O) groups is 3. The molecule has 2 aliphatic carbocycles. The highest BCUT2D eigenvalue weighted by Gasteiger charge is 2.34. The topological polar surface area (TPSA) is 51.2 Å². The summed E-state index contributed by atoms with van der Waals surface area (Å²) in [7, 11) is 0. The fourth-order valence-electron chi connectivity index (χ4n) is 6.65. The predicted octanol–water partition coefficient (Wildman–Crippen LogP) is 7.98. The van der Waals surface area contributed by atoms with Crippen LogP contribution >= 0.6 is 0 Å². The molecule has 0 amide bonds. The van der Waals surface area contributed by atoms with Crippen LogP contribution in [0.5, 0.6) is 0 Å². The van der Waals surface area contributed by atoms with Gasteiger partial charge in [-0.15, -0.1) is 0 Å². The number of ketones is 3. The quantitative estimate of drug-likeness (QED) is 0.254. The largest absolute Gasteiger partial charge is 0.300 e. The third-order valence-corrected chi connectivity index (χ3v) is 8.60. The molecule has 3 unspecified atom stereocenters. The average molecular weight is 481 g/mol. The summed E-state index contributed by atoms with van der Waals surface area (Å²) in [4.78, 5) is 38.1. The van der Waals surface area contributed by atoms with E-state index in [1.165, 1.54) is 54.9 Å². The van der Waals surface area contributed by atoms with Gasteiger partial charge in [-0.1, -0.05) is 65.9 Å². The van der Waals surface area contributed by atoms with E-state index in [-0.39, 0.29) is 35.7 Å². The van der Waals surface area contributed by atoms with E-state index >= 15 is 0 Å². The van der Waals surface area contributed by atoms with Crippen molar-refractivity contribution in [3.05, 3.63) is 33.9 Å². The summed E-state index contributed by atoms with van der Waals surface area (Å²) >= 11 is 0. The van der Waals surface area contributed by atoms with Crippen molar-refractivity contribution in [1.82, 2.24) is 0 Å². The van der Waals surface area contributed by atoms with E-state index in [0.717, 1.165) is 50.0 Å². The number of fused-ring (bicyclic) bond motifs is 1. The zero-order chi connectivity index (χ0) is 25.7. The summed E-state index contributed by atoms with van der Waals surface area (Å²) < 4.78 is 0. The highest BCUT2D eigenvalue weighted by Crippen LogP contribution is 2.40. The van der Waals surface area contributed by atoms with Gasteiger partial charge in [0, 0.05) is 17.9 Å². The number of carbonyl (C=O) groups excluding carboxylic acids is 3. The first-order valence-electron chi connectivity index (χ1n) is 14.4. The molecule has 3 atom stereocenters. The Kier molecular flexibility index (Phi) is 9.90. The molecule has 0 heterocycles. The van der Waals surface area contributed by atoms with Gasteiger partial charge in [0.2, 0.25) is 0 Å². The van der Waals surface area contributed by atoms with Crippen molar-refractivity contribution in [2.45, 2.75) is 125 Å². The molecule has 0 saturated heterocycles. The van der Waals surface area contributed by atoms with Crippen LogP contribution in [0.2, 0.25) is 0 Å². The first kappa shape index (κ1) is 27.8. The number of aryl methyl sites for hydroxylation is 1. The molecule has 0 bridgehead atoms.